The van der Waals surface area contributed by atoms with E-state index in [9.17, 15) is 45.6 Å². The van der Waals surface area contributed by atoms with Crippen molar-refractivity contribution in [3.63, 3.8) is 0 Å². The molecule has 2 rings (SSSR count). The van der Waals surface area contributed by atoms with Gasteiger partial charge in [0.1, 0.15) is 0 Å². The summed E-state index contributed by atoms with van der Waals surface area (Å²) in [6.45, 7) is 6.96. The van der Waals surface area contributed by atoms with Gasteiger partial charge in [-0.3, -0.25) is 24.0 Å². The number of carbonyl (C=O) groups is 5. The quantitative estimate of drug-likeness (QED) is 0.198. The number of likely N-dealkylation sites (tertiary alicyclic amines) is 1. The summed E-state index contributed by atoms with van der Waals surface area (Å²) in [5.41, 5.74) is 0.0432. The van der Waals surface area contributed by atoms with Crippen molar-refractivity contribution in [3.8, 4) is 0 Å². The van der Waals surface area contributed by atoms with Crippen LogP contribution in [0.15, 0.2) is 40.8 Å². The molecule has 13 nitrogen and oxygen atoms in total. The summed E-state index contributed by atoms with van der Waals surface area (Å²) < 4.78 is 70.8. The van der Waals surface area contributed by atoms with Crippen molar-refractivity contribution < 1.29 is 50.3 Å². The molecule has 46 heavy (non-hydrogen) atoms. The van der Waals surface area contributed by atoms with E-state index in [2.05, 4.69) is 5.32 Å². The minimum atomic E-state index is -5.13. The first-order chi connectivity index (χ1) is 21.3. The highest BCUT2D eigenvalue weighted by Gasteiger charge is 2.41. The van der Waals surface area contributed by atoms with Crippen LogP contribution in [0.3, 0.4) is 0 Å². The fourth-order valence-corrected chi connectivity index (χ4v) is 6.22. The SMILES string of the molecule is COC(C(C)C(=O)NS(=O)(=O)c1ccc(NC(=O)C(F)(F)F)cc1)C1CCCN1C(=O)/C(C)=C/C(C(C)C)N(C)C(=O)CNC=O. The Bertz CT molecular complexity index is 1420. The molecule has 1 heterocycles. The Morgan fingerprint density at radius 3 is 2.26 bits per heavy atom. The number of methoxy groups -OCH3 is 1. The van der Waals surface area contributed by atoms with Gasteiger partial charge >= 0.3 is 12.1 Å². The largest absolute Gasteiger partial charge is 0.471 e. The van der Waals surface area contributed by atoms with Gasteiger partial charge in [0.2, 0.25) is 24.1 Å². The van der Waals surface area contributed by atoms with Crippen molar-refractivity contribution in [2.45, 2.75) is 69.8 Å². The van der Waals surface area contributed by atoms with E-state index >= 15 is 0 Å². The molecule has 4 atom stereocenters. The third kappa shape index (κ3) is 9.75. The highest BCUT2D eigenvalue weighted by molar-refractivity contribution is 7.90. The first kappa shape index (κ1) is 38.2. The van der Waals surface area contributed by atoms with Crippen LogP contribution in [-0.2, 0) is 38.7 Å². The second-order valence-corrected chi connectivity index (χ2v) is 12.9. The molecule has 0 aromatic heterocycles. The number of benzene rings is 1. The summed E-state index contributed by atoms with van der Waals surface area (Å²) in [6.07, 6.45) is -2.89. The van der Waals surface area contributed by atoms with E-state index in [1.807, 2.05) is 18.6 Å². The molecule has 0 bridgehead atoms. The number of likely N-dealkylation sites (N-methyl/N-ethyl adjacent to an activating group) is 1. The zero-order valence-electron chi connectivity index (χ0n) is 26.4. The van der Waals surface area contributed by atoms with Crippen LogP contribution < -0.4 is 15.4 Å². The number of nitrogens with one attached hydrogen (secondary N) is 3. The van der Waals surface area contributed by atoms with Gasteiger partial charge in [-0.1, -0.05) is 26.8 Å². The van der Waals surface area contributed by atoms with E-state index < -0.39 is 57.0 Å². The minimum Gasteiger partial charge on any atom is -0.378 e. The highest BCUT2D eigenvalue weighted by atomic mass is 32.2. The van der Waals surface area contributed by atoms with Gasteiger partial charge < -0.3 is 25.2 Å². The van der Waals surface area contributed by atoms with Crippen LogP contribution in [0.4, 0.5) is 18.9 Å². The van der Waals surface area contributed by atoms with Crippen molar-refractivity contribution in [2.24, 2.45) is 11.8 Å². The number of anilines is 1. The number of amides is 5. The highest BCUT2D eigenvalue weighted by Crippen LogP contribution is 2.29. The van der Waals surface area contributed by atoms with Crippen LogP contribution in [0, 0.1) is 11.8 Å². The van der Waals surface area contributed by atoms with Crippen molar-refractivity contribution in [1.82, 2.24) is 19.8 Å². The molecule has 0 radical (unpaired) electrons. The van der Waals surface area contributed by atoms with Crippen molar-refractivity contribution in [2.75, 3.05) is 32.6 Å². The number of hydrogen-bond acceptors (Lipinski definition) is 8. The molecule has 1 aliphatic rings. The van der Waals surface area contributed by atoms with E-state index in [-0.39, 0.29) is 30.0 Å². The van der Waals surface area contributed by atoms with Crippen molar-refractivity contribution >= 4 is 45.7 Å². The zero-order valence-corrected chi connectivity index (χ0v) is 27.2. The molecule has 1 aromatic carbocycles. The molecule has 5 amide bonds. The molecule has 3 N–H and O–H groups in total. The van der Waals surface area contributed by atoms with E-state index in [1.54, 1.807) is 30.3 Å². The summed E-state index contributed by atoms with van der Waals surface area (Å²) in [5, 5.41) is 3.92. The molecule has 17 heteroatoms. The van der Waals surface area contributed by atoms with E-state index in [4.69, 9.17) is 4.74 Å². The monoisotopic (exact) mass is 675 g/mol. The molecule has 4 unspecified atom stereocenters. The second kappa shape index (κ2) is 16.0. The second-order valence-electron chi connectivity index (χ2n) is 11.2. The van der Waals surface area contributed by atoms with Gasteiger partial charge in [0.25, 0.3) is 10.0 Å². The molecule has 1 aromatic rings. The number of alkyl halides is 3. The minimum absolute atomic E-state index is 0.0745. The lowest BCUT2D eigenvalue weighted by Gasteiger charge is -2.34. The molecular weight excluding hydrogens is 635 g/mol. The lowest BCUT2D eigenvalue weighted by Crippen LogP contribution is -2.50. The predicted molar refractivity (Wildman–Crippen MR) is 160 cm³/mol. The lowest BCUT2D eigenvalue weighted by molar-refractivity contribution is -0.167. The van der Waals surface area contributed by atoms with Crippen LogP contribution in [0.25, 0.3) is 0 Å². The Hall–Kier alpha value is -3.99. The maximum absolute atomic E-state index is 13.6. The topological polar surface area (TPSA) is 171 Å². The summed E-state index contributed by atoms with van der Waals surface area (Å²) in [7, 11) is -1.56. The van der Waals surface area contributed by atoms with Gasteiger partial charge in [0, 0.05) is 32.0 Å². The van der Waals surface area contributed by atoms with Gasteiger partial charge in [-0.25, -0.2) is 13.1 Å². The molecule has 1 saturated heterocycles. The number of rotatable bonds is 14. The predicted octanol–water partition coefficient (Wildman–Crippen LogP) is 1.81. The molecule has 1 fully saturated rings. The Balaban J connectivity index is 2.19. The van der Waals surface area contributed by atoms with E-state index in [1.165, 1.54) is 18.9 Å². The summed E-state index contributed by atoms with van der Waals surface area (Å²) in [5.74, 6) is -5.00. The first-order valence-electron chi connectivity index (χ1n) is 14.3. The zero-order chi connectivity index (χ0) is 35.0. The standard InChI is InChI=1S/C29H40F3N5O8S/c1-17(2)23(36(5)24(39)15-33-16-38)14-18(3)27(41)37-13-7-8-22(37)25(45-6)19(4)26(40)35-46(43,44)21-11-9-20(10-12-21)34-28(42)29(30,31)32/h9-12,14,16-17,19,22-23,25H,7-8,13,15H2,1-6H3,(H,33,38)(H,34,42)(H,35,40)/b18-14+. The van der Waals surface area contributed by atoms with Crippen LogP contribution in [0.1, 0.15) is 40.5 Å². The molecular formula is C29H40F3N5O8S. The van der Waals surface area contributed by atoms with Crippen molar-refractivity contribution in [3.05, 3.63) is 35.9 Å². The number of hydrogen-bond donors (Lipinski definition) is 3. The van der Waals surface area contributed by atoms with Crippen molar-refractivity contribution in [1.29, 1.82) is 0 Å². The smallest absolute Gasteiger partial charge is 0.378 e. The molecule has 0 spiro atoms. The normalized spacial score (nSPS) is 17.6. The Kier molecular flexibility index (Phi) is 13.3. The first-order valence-corrected chi connectivity index (χ1v) is 15.8. The van der Waals surface area contributed by atoms with Gasteiger partial charge in [-0.05, 0) is 49.9 Å². The fourth-order valence-electron chi connectivity index (χ4n) is 5.16. The summed E-state index contributed by atoms with van der Waals surface area (Å²) in [6, 6.07) is 2.70. The summed E-state index contributed by atoms with van der Waals surface area (Å²) >= 11 is 0. The van der Waals surface area contributed by atoms with Gasteiger partial charge in [-0.15, -0.1) is 0 Å². The average molecular weight is 676 g/mol. The third-order valence-electron chi connectivity index (χ3n) is 7.65. The van der Waals surface area contributed by atoms with Crippen LogP contribution in [0.5, 0.6) is 0 Å². The van der Waals surface area contributed by atoms with Gasteiger partial charge in [0.05, 0.1) is 35.5 Å². The van der Waals surface area contributed by atoms with Gasteiger partial charge in [-0.2, -0.15) is 13.2 Å². The number of sulfonamides is 1. The van der Waals surface area contributed by atoms with Crippen LogP contribution in [0.2, 0.25) is 0 Å². The number of ether oxygens (including phenoxy) is 1. The van der Waals surface area contributed by atoms with Crippen LogP contribution >= 0.6 is 0 Å². The van der Waals surface area contributed by atoms with Gasteiger partial charge in [0.15, 0.2) is 0 Å². The Morgan fingerprint density at radius 2 is 1.74 bits per heavy atom. The fraction of sp³-hybridized carbons (Fsp3) is 0.552. The maximum Gasteiger partial charge on any atom is 0.471 e. The average Bonchev–Trinajstić information content (AvgIpc) is 3.46. The van der Waals surface area contributed by atoms with Crippen LogP contribution in [-0.4, -0.2) is 99.9 Å². The molecule has 256 valence electrons. The summed E-state index contributed by atoms with van der Waals surface area (Å²) in [4.78, 5) is 63.5. The Labute approximate surface area is 265 Å². The molecule has 0 saturated carbocycles. The third-order valence-corrected chi connectivity index (χ3v) is 9.01. The van der Waals surface area contributed by atoms with E-state index in [0.29, 0.717) is 31.4 Å². The van der Waals surface area contributed by atoms with E-state index in [0.717, 1.165) is 24.3 Å². The lowest BCUT2D eigenvalue weighted by atomic mass is 9.94. The molecule has 0 aliphatic carbocycles. The maximum atomic E-state index is 13.6. The Morgan fingerprint density at radius 1 is 1.13 bits per heavy atom. The molecule has 1 aliphatic heterocycles. The number of nitrogens with zero attached hydrogens (tertiary/aromatic N) is 2. The number of carbonyl (C=O) groups excluding carboxylic acids is 5. The number of halogens is 3.